The Hall–Kier alpha value is -1.06. The van der Waals surface area contributed by atoms with E-state index in [4.69, 9.17) is 4.74 Å². The molecule has 0 aromatic heterocycles. The zero-order chi connectivity index (χ0) is 11.7. The van der Waals surface area contributed by atoms with Crippen LogP contribution >= 0.6 is 0 Å². The highest BCUT2D eigenvalue weighted by Crippen LogP contribution is 2.39. The molecule has 2 fully saturated rings. The number of carbonyl (C=O) groups excluding carboxylic acids is 2. The van der Waals surface area contributed by atoms with E-state index in [1.54, 1.807) is 0 Å². The van der Waals surface area contributed by atoms with E-state index >= 15 is 0 Å². The first-order chi connectivity index (χ1) is 7.63. The lowest BCUT2D eigenvalue weighted by Crippen LogP contribution is -2.41. The highest BCUT2D eigenvalue weighted by Gasteiger charge is 2.42. The van der Waals surface area contributed by atoms with Crippen LogP contribution in [0.2, 0.25) is 0 Å². The number of ether oxygens (including phenoxy) is 1. The third-order valence-electron chi connectivity index (χ3n) is 3.77. The topological polar surface area (TPSA) is 46.6 Å². The van der Waals surface area contributed by atoms with Crippen molar-refractivity contribution in [2.75, 3.05) is 20.2 Å². The van der Waals surface area contributed by atoms with Crippen LogP contribution in [0, 0.1) is 17.8 Å². The van der Waals surface area contributed by atoms with E-state index < -0.39 is 0 Å². The van der Waals surface area contributed by atoms with Gasteiger partial charge < -0.3 is 9.64 Å². The fourth-order valence-corrected chi connectivity index (χ4v) is 2.40. The molecule has 2 rings (SSSR count). The van der Waals surface area contributed by atoms with Gasteiger partial charge in [-0.05, 0) is 25.2 Å². The molecule has 1 heterocycles. The van der Waals surface area contributed by atoms with E-state index in [9.17, 15) is 9.59 Å². The molecule has 0 bridgehead atoms. The minimum absolute atomic E-state index is 0.00863. The van der Waals surface area contributed by atoms with Gasteiger partial charge in [0.2, 0.25) is 5.91 Å². The lowest BCUT2D eigenvalue weighted by atomic mass is 9.96. The smallest absolute Gasteiger partial charge is 0.308 e. The van der Waals surface area contributed by atoms with Crippen molar-refractivity contribution in [3.8, 4) is 0 Å². The minimum Gasteiger partial charge on any atom is -0.469 e. The molecule has 0 radical (unpaired) electrons. The molecule has 1 amide bonds. The molecule has 1 aliphatic carbocycles. The molecule has 2 atom stereocenters. The number of likely N-dealkylation sites (tertiary alicyclic amines) is 1. The molecule has 1 saturated carbocycles. The molecule has 0 spiro atoms. The summed E-state index contributed by atoms with van der Waals surface area (Å²) in [5.74, 6) is 0.967. The number of nitrogens with zero attached hydrogens (tertiary/aromatic N) is 1. The summed E-state index contributed by atoms with van der Waals surface area (Å²) >= 11 is 0. The predicted octanol–water partition coefficient (Wildman–Crippen LogP) is 1.05. The third-order valence-corrected chi connectivity index (χ3v) is 3.77. The maximum atomic E-state index is 11.9. The van der Waals surface area contributed by atoms with Crippen molar-refractivity contribution in [3.63, 3.8) is 0 Å². The predicted molar refractivity (Wildman–Crippen MR) is 58.6 cm³/mol. The molecule has 1 saturated heterocycles. The molecule has 4 heteroatoms. The summed E-state index contributed by atoms with van der Waals surface area (Å²) in [6, 6.07) is 0. The maximum absolute atomic E-state index is 11.9. The Kier molecular flexibility index (Phi) is 3.17. The van der Waals surface area contributed by atoms with Gasteiger partial charge in [0.1, 0.15) is 0 Å². The summed E-state index contributed by atoms with van der Waals surface area (Å²) in [6.45, 7) is 3.54. The number of carbonyl (C=O) groups is 2. The average Bonchev–Trinajstić information content (AvgIpc) is 3.04. The Labute approximate surface area is 95.9 Å². The first kappa shape index (κ1) is 11.4. The van der Waals surface area contributed by atoms with Crippen molar-refractivity contribution >= 4 is 11.9 Å². The van der Waals surface area contributed by atoms with E-state index in [2.05, 4.69) is 6.92 Å². The van der Waals surface area contributed by atoms with Gasteiger partial charge in [0, 0.05) is 19.0 Å². The van der Waals surface area contributed by atoms with Gasteiger partial charge in [-0.2, -0.15) is 0 Å². The van der Waals surface area contributed by atoms with Crippen LogP contribution in [0.15, 0.2) is 0 Å². The van der Waals surface area contributed by atoms with Gasteiger partial charge in [-0.3, -0.25) is 9.59 Å². The van der Waals surface area contributed by atoms with Crippen molar-refractivity contribution in [2.45, 2.75) is 26.2 Å². The van der Waals surface area contributed by atoms with E-state index in [0.717, 1.165) is 19.3 Å². The van der Waals surface area contributed by atoms with Crippen molar-refractivity contribution in [3.05, 3.63) is 0 Å². The largest absolute Gasteiger partial charge is 0.469 e. The Morgan fingerprint density at radius 1 is 1.25 bits per heavy atom. The second-order valence-corrected chi connectivity index (χ2v) is 4.94. The molecule has 2 aliphatic rings. The van der Waals surface area contributed by atoms with Crippen LogP contribution in [0.25, 0.3) is 0 Å². The van der Waals surface area contributed by atoms with Gasteiger partial charge in [0.25, 0.3) is 0 Å². The summed E-state index contributed by atoms with van der Waals surface area (Å²) in [7, 11) is 1.42. The standard InChI is InChI=1S/C12H19NO3/c1-8-7-10(8)11(14)13-5-3-9(4-6-13)12(15)16-2/h8-10H,3-7H2,1-2H3. The number of rotatable bonds is 2. The lowest BCUT2D eigenvalue weighted by molar-refractivity contribution is -0.149. The first-order valence-electron chi connectivity index (χ1n) is 6.00. The van der Waals surface area contributed by atoms with Crippen LogP contribution in [-0.4, -0.2) is 37.0 Å². The average molecular weight is 225 g/mol. The Morgan fingerprint density at radius 3 is 2.25 bits per heavy atom. The summed E-state index contributed by atoms with van der Waals surface area (Å²) < 4.78 is 4.72. The Balaban J connectivity index is 1.81. The molecular weight excluding hydrogens is 206 g/mol. The van der Waals surface area contributed by atoms with Gasteiger partial charge in [0.15, 0.2) is 0 Å². The monoisotopic (exact) mass is 225 g/mol. The number of amides is 1. The van der Waals surface area contributed by atoms with Gasteiger partial charge in [0.05, 0.1) is 13.0 Å². The van der Waals surface area contributed by atoms with Crippen LogP contribution in [0.5, 0.6) is 0 Å². The molecule has 2 unspecified atom stereocenters. The summed E-state index contributed by atoms with van der Waals surface area (Å²) in [6.07, 6.45) is 2.54. The highest BCUT2D eigenvalue weighted by molar-refractivity contribution is 5.82. The minimum atomic E-state index is -0.133. The van der Waals surface area contributed by atoms with Crippen molar-refractivity contribution in [2.24, 2.45) is 17.8 Å². The molecular formula is C12H19NO3. The zero-order valence-electron chi connectivity index (χ0n) is 9.94. The van der Waals surface area contributed by atoms with Gasteiger partial charge in [-0.1, -0.05) is 6.92 Å². The van der Waals surface area contributed by atoms with Crippen LogP contribution < -0.4 is 0 Å². The van der Waals surface area contributed by atoms with Crippen LogP contribution in [0.1, 0.15) is 26.2 Å². The number of esters is 1. The van der Waals surface area contributed by atoms with Crippen LogP contribution in [0.3, 0.4) is 0 Å². The fourth-order valence-electron chi connectivity index (χ4n) is 2.40. The zero-order valence-corrected chi connectivity index (χ0v) is 9.94. The van der Waals surface area contributed by atoms with Crippen molar-refractivity contribution in [1.82, 2.24) is 4.90 Å². The summed E-state index contributed by atoms with van der Waals surface area (Å²) in [5.41, 5.74) is 0. The van der Waals surface area contributed by atoms with Crippen molar-refractivity contribution in [1.29, 1.82) is 0 Å². The quantitative estimate of drug-likeness (QED) is 0.660. The molecule has 16 heavy (non-hydrogen) atoms. The van der Waals surface area contributed by atoms with E-state index in [1.807, 2.05) is 4.90 Å². The molecule has 0 aromatic carbocycles. The van der Waals surface area contributed by atoms with Gasteiger partial charge >= 0.3 is 5.97 Å². The second-order valence-electron chi connectivity index (χ2n) is 4.94. The molecule has 0 aromatic rings. The number of piperidine rings is 1. The fraction of sp³-hybridized carbons (Fsp3) is 0.833. The van der Waals surface area contributed by atoms with Crippen LogP contribution in [-0.2, 0) is 14.3 Å². The first-order valence-corrected chi connectivity index (χ1v) is 6.00. The number of hydrogen-bond donors (Lipinski definition) is 0. The summed E-state index contributed by atoms with van der Waals surface area (Å²) in [5, 5.41) is 0. The van der Waals surface area contributed by atoms with E-state index in [0.29, 0.717) is 19.0 Å². The molecule has 4 nitrogen and oxygen atoms in total. The molecule has 90 valence electrons. The van der Waals surface area contributed by atoms with Crippen LogP contribution in [0.4, 0.5) is 0 Å². The molecule has 1 aliphatic heterocycles. The van der Waals surface area contributed by atoms with Gasteiger partial charge in [-0.25, -0.2) is 0 Å². The van der Waals surface area contributed by atoms with E-state index in [-0.39, 0.29) is 23.7 Å². The third kappa shape index (κ3) is 2.20. The van der Waals surface area contributed by atoms with E-state index in [1.165, 1.54) is 7.11 Å². The van der Waals surface area contributed by atoms with Crippen molar-refractivity contribution < 1.29 is 14.3 Å². The maximum Gasteiger partial charge on any atom is 0.308 e. The molecule has 0 N–H and O–H groups in total. The lowest BCUT2D eigenvalue weighted by Gasteiger charge is -2.30. The SMILES string of the molecule is COC(=O)C1CCN(C(=O)C2CC2C)CC1. The second kappa shape index (κ2) is 4.44. The normalized spacial score (nSPS) is 30.0. The summed E-state index contributed by atoms with van der Waals surface area (Å²) in [4.78, 5) is 25.2. The van der Waals surface area contributed by atoms with Gasteiger partial charge in [-0.15, -0.1) is 0 Å². The Bertz CT molecular complexity index is 295. The Morgan fingerprint density at radius 2 is 1.81 bits per heavy atom. The highest BCUT2D eigenvalue weighted by atomic mass is 16.5. The number of methoxy groups -OCH3 is 1. The number of hydrogen-bond acceptors (Lipinski definition) is 3.